The van der Waals surface area contributed by atoms with E-state index in [0.29, 0.717) is 5.56 Å². The van der Waals surface area contributed by atoms with E-state index in [1.807, 2.05) is 11.4 Å². The first-order chi connectivity index (χ1) is 9.20. The Hall–Kier alpha value is -1.69. The molecule has 0 aliphatic carbocycles. The first-order valence-electron chi connectivity index (χ1n) is 5.92. The number of carbonyl (C=O) groups excluding carboxylic acids is 1. The molecule has 0 saturated heterocycles. The van der Waals surface area contributed by atoms with Crippen molar-refractivity contribution in [1.29, 1.82) is 0 Å². The smallest absolute Gasteiger partial charge is 0.202 e. The lowest BCUT2D eigenvalue weighted by Crippen LogP contribution is -2.22. The molecule has 4 nitrogen and oxygen atoms in total. The summed E-state index contributed by atoms with van der Waals surface area (Å²) >= 11 is 1.42. The lowest BCUT2D eigenvalue weighted by molar-refractivity contribution is 0.104. The molecule has 3 N–H and O–H groups in total. The van der Waals surface area contributed by atoms with Gasteiger partial charge < -0.3 is 15.5 Å². The van der Waals surface area contributed by atoms with E-state index in [9.17, 15) is 9.90 Å². The van der Waals surface area contributed by atoms with Crippen LogP contribution in [0.2, 0.25) is 0 Å². The third-order valence-electron chi connectivity index (χ3n) is 2.64. The van der Waals surface area contributed by atoms with Crippen molar-refractivity contribution in [2.45, 2.75) is 6.10 Å². The van der Waals surface area contributed by atoms with Gasteiger partial charge in [0.2, 0.25) is 5.78 Å². The summed E-state index contributed by atoms with van der Waals surface area (Å²) in [6, 6.07) is 10.7. The predicted octanol–water partition coefficient (Wildman–Crippen LogP) is 1.74. The second-order valence-electron chi connectivity index (χ2n) is 4.10. The molecule has 100 valence electrons. The Morgan fingerprint density at radius 1 is 1.26 bits per heavy atom. The fourth-order valence-electron chi connectivity index (χ4n) is 1.59. The summed E-state index contributed by atoms with van der Waals surface area (Å²) in [5, 5.41) is 22.8. The van der Waals surface area contributed by atoms with Gasteiger partial charge in [-0.05, 0) is 35.7 Å². The van der Waals surface area contributed by atoms with E-state index in [0.717, 1.165) is 10.6 Å². The number of benzene rings is 1. The number of rotatable bonds is 6. The predicted molar refractivity (Wildman–Crippen MR) is 75.8 cm³/mol. The molecule has 2 rings (SSSR count). The number of aliphatic hydroxyl groups excluding tert-OH is 2. The van der Waals surface area contributed by atoms with Gasteiger partial charge in [-0.15, -0.1) is 11.3 Å². The normalized spacial score (nSPS) is 12.1. The van der Waals surface area contributed by atoms with Gasteiger partial charge in [0.15, 0.2) is 0 Å². The van der Waals surface area contributed by atoms with Crippen LogP contribution in [0.1, 0.15) is 15.2 Å². The largest absolute Gasteiger partial charge is 0.394 e. The first kappa shape index (κ1) is 13.7. The van der Waals surface area contributed by atoms with E-state index in [4.69, 9.17) is 5.11 Å². The van der Waals surface area contributed by atoms with Crippen LogP contribution in [0.5, 0.6) is 0 Å². The van der Waals surface area contributed by atoms with Crippen LogP contribution in [0.25, 0.3) is 0 Å². The summed E-state index contributed by atoms with van der Waals surface area (Å²) < 4.78 is 0. The van der Waals surface area contributed by atoms with Gasteiger partial charge >= 0.3 is 0 Å². The molecule has 0 spiro atoms. The molecule has 19 heavy (non-hydrogen) atoms. The van der Waals surface area contributed by atoms with Crippen LogP contribution in [0.15, 0.2) is 41.8 Å². The van der Waals surface area contributed by atoms with Gasteiger partial charge in [-0.2, -0.15) is 0 Å². The number of aliphatic hydroxyl groups is 2. The second-order valence-corrected chi connectivity index (χ2v) is 5.05. The number of thiophene rings is 1. The summed E-state index contributed by atoms with van der Waals surface area (Å²) in [6.45, 7) is -0.00331. The summed E-state index contributed by atoms with van der Waals surface area (Å²) in [7, 11) is 0. The average Bonchev–Trinajstić information content (AvgIpc) is 2.98. The number of hydrogen-bond acceptors (Lipinski definition) is 5. The fourth-order valence-corrected chi connectivity index (χ4v) is 2.28. The number of nitrogens with one attached hydrogen (secondary N) is 1. The molecular weight excluding hydrogens is 262 g/mol. The Labute approximate surface area is 115 Å². The average molecular weight is 277 g/mol. The molecule has 1 heterocycles. The Morgan fingerprint density at radius 2 is 2.00 bits per heavy atom. The number of ketones is 1. The minimum Gasteiger partial charge on any atom is -0.394 e. The van der Waals surface area contributed by atoms with E-state index in [2.05, 4.69) is 5.32 Å². The molecule has 0 amide bonds. The zero-order chi connectivity index (χ0) is 13.7. The highest BCUT2D eigenvalue weighted by atomic mass is 32.1. The van der Waals surface area contributed by atoms with Gasteiger partial charge in [-0.3, -0.25) is 4.79 Å². The van der Waals surface area contributed by atoms with Crippen LogP contribution in [-0.4, -0.2) is 35.3 Å². The maximum absolute atomic E-state index is 12.0. The molecular formula is C14H15NO3S. The van der Waals surface area contributed by atoms with Crippen molar-refractivity contribution < 1.29 is 15.0 Å². The molecule has 0 radical (unpaired) electrons. The first-order valence-corrected chi connectivity index (χ1v) is 6.79. The zero-order valence-corrected chi connectivity index (χ0v) is 11.1. The monoisotopic (exact) mass is 277 g/mol. The Kier molecular flexibility index (Phi) is 4.68. The Balaban J connectivity index is 2.00. The number of carbonyl (C=O) groups is 1. The summed E-state index contributed by atoms with van der Waals surface area (Å²) in [4.78, 5) is 12.8. The molecule has 1 atom stereocenters. The second kappa shape index (κ2) is 6.47. The molecule has 1 unspecified atom stereocenters. The molecule has 0 aliphatic heterocycles. The summed E-state index contributed by atoms with van der Waals surface area (Å²) in [5.41, 5.74) is 1.44. The molecule has 0 saturated carbocycles. The minimum absolute atomic E-state index is 0.0111. The van der Waals surface area contributed by atoms with Crippen molar-refractivity contribution in [2.75, 3.05) is 18.5 Å². The van der Waals surface area contributed by atoms with Crippen LogP contribution in [0, 0.1) is 0 Å². The quantitative estimate of drug-likeness (QED) is 0.704. The maximum Gasteiger partial charge on any atom is 0.202 e. The molecule has 5 heteroatoms. The lowest BCUT2D eigenvalue weighted by atomic mass is 10.1. The standard InChI is InChI=1S/C14H15NO3S/c16-9-12(17)8-15-11-5-3-10(4-6-11)14(18)13-2-1-7-19-13/h1-7,12,15-17H,8-9H2. The van der Waals surface area contributed by atoms with Crippen molar-refractivity contribution in [3.05, 3.63) is 52.2 Å². The van der Waals surface area contributed by atoms with Gasteiger partial charge in [0.05, 0.1) is 17.6 Å². The van der Waals surface area contributed by atoms with E-state index >= 15 is 0 Å². The lowest BCUT2D eigenvalue weighted by Gasteiger charge is -2.10. The Bertz CT molecular complexity index is 522. The third-order valence-corrected chi connectivity index (χ3v) is 3.51. The van der Waals surface area contributed by atoms with Gasteiger partial charge in [-0.25, -0.2) is 0 Å². The van der Waals surface area contributed by atoms with Crippen LogP contribution in [0.3, 0.4) is 0 Å². The van der Waals surface area contributed by atoms with E-state index in [-0.39, 0.29) is 18.9 Å². The summed E-state index contributed by atoms with van der Waals surface area (Å²) in [5.74, 6) is 0.0111. The number of hydrogen-bond donors (Lipinski definition) is 3. The molecule has 0 aliphatic rings. The van der Waals surface area contributed by atoms with Gasteiger partial charge in [0, 0.05) is 17.8 Å². The van der Waals surface area contributed by atoms with E-state index in [1.54, 1.807) is 30.3 Å². The molecule has 0 fully saturated rings. The van der Waals surface area contributed by atoms with Crippen LogP contribution < -0.4 is 5.32 Å². The van der Waals surface area contributed by atoms with Crippen molar-refractivity contribution in [3.8, 4) is 0 Å². The molecule has 2 aromatic rings. The van der Waals surface area contributed by atoms with Crippen LogP contribution in [0.4, 0.5) is 5.69 Å². The van der Waals surface area contributed by atoms with Gasteiger partial charge in [-0.1, -0.05) is 6.07 Å². The zero-order valence-electron chi connectivity index (χ0n) is 10.2. The van der Waals surface area contributed by atoms with Crippen molar-refractivity contribution in [1.82, 2.24) is 0 Å². The molecule has 0 bridgehead atoms. The van der Waals surface area contributed by atoms with E-state index < -0.39 is 6.10 Å². The number of anilines is 1. The fraction of sp³-hybridized carbons (Fsp3) is 0.214. The van der Waals surface area contributed by atoms with Crippen LogP contribution >= 0.6 is 11.3 Å². The van der Waals surface area contributed by atoms with E-state index in [1.165, 1.54) is 11.3 Å². The maximum atomic E-state index is 12.0. The third kappa shape index (κ3) is 3.64. The summed E-state index contributed by atoms with van der Waals surface area (Å²) in [6.07, 6.45) is -0.785. The van der Waals surface area contributed by atoms with Gasteiger partial charge in [0.25, 0.3) is 0 Å². The minimum atomic E-state index is -0.785. The SMILES string of the molecule is O=C(c1ccc(NCC(O)CO)cc1)c1cccs1. The van der Waals surface area contributed by atoms with Crippen molar-refractivity contribution >= 4 is 22.8 Å². The van der Waals surface area contributed by atoms with Crippen molar-refractivity contribution in [3.63, 3.8) is 0 Å². The Morgan fingerprint density at radius 3 is 2.58 bits per heavy atom. The molecule has 1 aromatic heterocycles. The highest BCUT2D eigenvalue weighted by molar-refractivity contribution is 7.12. The van der Waals surface area contributed by atoms with Crippen molar-refractivity contribution in [2.24, 2.45) is 0 Å². The highest BCUT2D eigenvalue weighted by Gasteiger charge is 2.09. The van der Waals surface area contributed by atoms with Crippen LogP contribution in [-0.2, 0) is 0 Å². The molecule has 1 aromatic carbocycles. The topological polar surface area (TPSA) is 69.6 Å². The van der Waals surface area contributed by atoms with Gasteiger partial charge in [0.1, 0.15) is 0 Å². The highest BCUT2D eigenvalue weighted by Crippen LogP contribution is 2.17.